The quantitative estimate of drug-likeness (QED) is 0.0167. The molecular formula is C44H54Cl4N6O16P4. The Morgan fingerprint density at radius 3 is 1.28 bits per heavy atom. The number of hydrogen-bond acceptors (Lipinski definition) is 12. The van der Waals surface area contributed by atoms with Crippen LogP contribution >= 0.6 is 76.8 Å². The number of aromatic nitrogens is 4. The van der Waals surface area contributed by atoms with E-state index in [1.807, 2.05) is 18.2 Å². The standard InChI is InChI=1S/C10H11Cl2NO2.C9H12N2O2.C7H7Cl2O3P.3C6H8NO3P/c11-9-4-3-8(6-10(9)12)2-1-5-13(15)7-14;12-8-11(13)7-1-2-9-3-5-10-6-4-9;8-6-2-1-5(3-7(6)9)4-13(10,11)12;8-11(9,10)5-6-1-3-7-4-2-6;8-11(9,10)5-6-2-1-3-7-4-6;8-11(9,10)5-6-3-1-2-4-7-6/h3-4,6-7,15H,1-2,5H2;3-6,8,13H,1-2,7H2;1-3H,4H2,(H2,10,11,12);3*1-4H,5H2,(H2,8,9,10). The van der Waals surface area contributed by atoms with Crippen LogP contribution in [0.5, 0.6) is 0 Å². The van der Waals surface area contributed by atoms with Crippen LogP contribution in [0.25, 0.3) is 0 Å². The Balaban J connectivity index is 0.000000446. The molecule has 2 amide bonds. The van der Waals surface area contributed by atoms with E-state index < -0.39 is 30.4 Å². The number of aryl methyl sites for hydroxylation is 2. The summed E-state index contributed by atoms with van der Waals surface area (Å²) in [5.41, 5.74) is 4.25. The number of nitrogens with zero attached hydrogens (tertiary/aromatic N) is 6. The van der Waals surface area contributed by atoms with Crippen molar-refractivity contribution in [1.29, 1.82) is 0 Å². The third-order valence-electron chi connectivity index (χ3n) is 8.40. The highest BCUT2D eigenvalue weighted by Gasteiger charge is 2.16. The fourth-order valence-electron chi connectivity index (χ4n) is 5.27. The molecule has 6 rings (SSSR count). The summed E-state index contributed by atoms with van der Waals surface area (Å²) in [5.74, 6) is 0. The second-order valence-corrected chi connectivity index (χ2v) is 23.1. The maximum absolute atomic E-state index is 10.6. The molecule has 0 unspecified atom stereocenters. The van der Waals surface area contributed by atoms with E-state index in [4.69, 9.17) is 96.0 Å². The topological polar surface area (TPSA) is 363 Å². The van der Waals surface area contributed by atoms with E-state index in [2.05, 4.69) is 19.9 Å². The fraction of sp³-hybridized carbons (Fsp3) is 0.227. The van der Waals surface area contributed by atoms with Gasteiger partial charge in [-0.05, 0) is 120 Å². The van der Waals surface area contributed by atoms with Gasteiger partial charge in [0.15, 0.2) is 0 Å². The number of hydrogen-bond donors (Lipinski definition) is 10. The molecule has 2 aromatic carbocycles. The van der Waals surface area contributed by atoms with Crippen LogP contribution in [0.2, 0.25) is 20.1 Å². The minimum atomic E-state index is -4.02. The lowest BCUT2D eigenvalue weighted by atomic mass is 10.1. The number of carbonyl (C=O) groups excluding carboxylic acids is 2. The molecule has 0 aliphatic heterocycles. The maximum atomic E-state index is 10.6. The minimum Gasteiger partial charge on any atom is -0.324 e. The van der Waals surface area contributed by atoms with E-state index in [1.54, 1.807) is 73.2 Å². The van der Waals surface area contributed by atoms with Gasteiger partial charge >= 0.3 is 30.4 Å². The molecule has 0 radical (unpaired) electrons. The van der Waals surface area contributed by atoms with Crippen molar-refractivity contribution in [1.82, 2.24) is 30.1 Å². The van der Waals surface area contributed by atoms with Gasteiger partial charge in [-0.3, -0.25) is 58.2 Å². The van der Waals surface area contributed by atoms with Crippen molar-refractivity contribution in [3.8, 4) is 0 Å². The highest BCUT2D eigenvalue weighted by molar-refractivity contribution is 7.51. The molecule has 74 heavy (non-hydrogen) atoms. The fourth-order valence-corrected chi connectivity index (χ4v) is 8.55. The smallest absolute Gasteiger partial charge is 0.324 e. The third kappa shape index (κ3) is 37.4. The number of carbonyl (C=O) groups is 2. The first-order valence-corrected chi connectivity index (χ1v) is 29.7. The summed E-state index contributed by atoms with van der Waals surface area (Å²) in [4.78, 5) is 104. The Morgan fingerprint density at radius 1 is 0.432 bits per heavy atom. The van der Waals surface area contributed by atoms with Gasteiger partial charge in [0.25, 0.3) is 0 Å². The zero-order valence-electron chi connectivity index (χ0n) is 38.8. The largest absolute Gasteiger partial charge is 0.331 e. The molecule has 0 aliphatic carbocycles. The Morgan fingerprint density at radius 2 is 0.865 bits per heavy atom. The number of halogens is 4. The highest BCUT2D eigenvalue weighted by Crippen LogP contribution is 2.41. The average Bonchev–Trinajstić information content (AvgIpc) is 3.31. The van der Waals surface area contributed by atoms with Gasteiger partial charge in [-0.1, -0.05) is 70.7 Å². The van der Waals surface area contributed by atoms with E-state index in [0.717, 1.165) is 30.4 Å². The van der Waals surface area contributed by atoms with Crippen LogP contribution in [-0.2, 0) is 65.3 Å². The molecule has 0 saturated carbocycles. The van der Waals surface area contributed by atoms with E-state index in [0.29, 0.717) is 84.9 Å². The molecule has 0 saturated heterocycles. The molecule has 6 aromatic rings. The van der Waals surface area contributed by atoms with Crippen LogP contribution in [-0.4, -0.2) is 106 Å². The molecule has 0 aliphatic rings. The van der Waals surface area contributed by atoms with Crippen LogP contribution in [0.1, 0.15) is 46.4 Å². The summed E-state index contributed by atoms with van der Waals surface area (Å²) < 4.78 is 42.0. The van der Waals surface area contributed by atoms with Crippen molar-refractivity contribution in [3.63, 3.8) is 0 Å². The van der Waals surface area contributed by atoms with E-state index >= 15 is 0 Å². The summed E-state index contributed by atoms with van der Waals surface area (Å²) in [5, 5.41) is 20.6. The van der Waals surface area contributed by atoms with E-state index in [-0.39, 0.29) is 24.6 Å². The van der Waals surface area contributed by atoms with Gasteiger partial charge in [0.2, 0.25) is 12.8 Å². The monoisotopic (exact) mass is 1190 g/mol. The molecule has 10 N–H and O–H groups in total. The number of amides is 2. The molecule has 0 atom stereocenters. The first-order valence-electron chi connectivity index (χ1n) is 21.0. The summed E-state index contributed by atoms with van der Waals surface area (Å²) in [6.07, 6.45) is 13.7. The molecule has 0 bridgehead atoms. The summed E-state index contributed by atoms with van der Waals surface area (Å²) >= 11 is 22.9. The Labute approximate surface area is 446 Å². The lowest BCUT2D eigenvalue weighted by Crippen LogP contribution is -2.18. The van der Waals surface area contributed by atoms with Gasteiger partial charge < -0.3 is 39.1 Å². The summed E-state index contributed by atoms with van der Waals surface area (Å²) in [6.45, 7) is 0.676. The van der Waals surface area contributed by atoms with Gasteiger partial charge in [0, 0.05) is 56.5 Å². The number of benzene rings is 2. The van der Waals surface area contributed by atoms with Crippen molar-refractivity contribution < 1.29 is 77.4 Å². The molecule has 0 fully saturated rings. The second-order valence-electron chi connectivity index (χ2n) is 14.9. The van der Waals surface area contributed by atoms with Gasteiger partial charge in [-0.25, -0.2) is 10.1 Å². The average molecular weight is 1190 g/mol. The van der Waals surface area contributed by atoms with Crippen molar-refractivity contribution in [2.45, 2.75) is 50.3 Å². The lowest BCUT2D eigenvalue weighted by molar-refractivity contribution is -0.150. The van der Waals surface area contributed by atoms with Gasteiger partial charge in [-0.15, -0.1) is 0 Å². The zero-order valence-corrected chi connectivity index (χ0v) is 45.4. The Kier molecular flexibility index (Phi) is 32.8. The van der Waals surface area contributed by atoms with Crippen LogP contribution in [0, 0.1) is 0 Å². The number of hydroxylamine groups is 4. The van der Waals surface area contributed by atoms with Crippen molar-refractivity contribution in [3.05, 3.63) is 188 Å². The van der Waals surface area contributed by atoms with Crippen LogP contribution in [0.15, 0.2) is 134 Å². The van der Waals surface area contributed by atoms with Gasteiger partial charge in [0.1, 0.15) is 0 Å². The van der Waals surface area contributed by atoms with Crippen molar-refractivity contribution in [2.75, 3.05) is 13.1 Å². The minimum absolute atomic E-state index is 0.213. The molecule has 404 valence electrons. The van der Waals surface area contributed by atoms with E-state index in [1.165, 1.54) is 43.0 Å². The Bertz CT molecular complexity index is 2590. The van der Waals surface area contributed by atoms with Crippen LogP contribution in [0.3, 0.4) is 0 Å². The SMILES string of the molecule is O=CN(O)CCCc1ccc(Cl)c(Cl)c1.O=CN(O)CCCc1ccncc1.O=P(O)(O)Cc1ccc(Cl)c(Cl)c1.O=P(O)(O)Cc1ccccn1.O=P(O)(O)Cc1cccnc1.O=P(O)(O)Cc1ccncc1. The van der Waals surface area contributed by atoms with Gasteiger partial charge in [-0.2, -0.15) is 0 Å². The second kappa shape index (κ2) is 35.8. The normalized spacial score (nSPS) is 10.9. The molecule has 30 heteroatoms. The summed E-state index contributed by atoms with van der Waals surface area (Å²) in [7, 11) is -15.8. The molecular weight excluding hydrogens is 1130 g/mol. The molecule has 0 spiro atoms. The first kappa shape index (κ1) is 67.7. The van der Waals surface area contributed by atoms with Gasteiger partial charge in [0.05, 0.1) is 50.4 Å². The lowest BCUT2D eigenvalue weighted by Gasteiger charge is -2.08. The van der Waals surface area contributed by atoms with Crippen LogP contribution < -0.4 is 0 Å². The molecule has 4 aromatic heterocycles. The molecule has 22 nitrogen and oxygen atoms in total. The summed E-state index contributed by atoms with van der Waals surface area (Å²) in [6, 6.07) is 25.1. The zero-order chi connectivity index (χ0) is 55.8. The van der Waals surface area contributed by atoms with Crippen molar-refractivity contribution >= 4 is 89.6 Å². The Hall–Kier alpha value is -4.34. The van der Waals surface area contributed by atoms with Crippen LogP contribution in [0.4, 0.5) is 0 Å². The number of pyridine rings is 4. The van der Waals surface area contributed by atoms with E-state index in [9.17, 15) is 27.8 Å². The third-order valence-corrected chi connectivity index (χ3v) is 12.9. The maximum Gasteiger partial charge on any atom is 0.331 e. The predicted octanol–water partition coefficient (Wildman–Crippen LogP) is 8.58. The highest BCUT2D eigenvalue weighted by atomic mass is 35.5. The first-order chi connectivity index (χ1) is 34.6. The van der Waals surface area contributed by atoms with Crippen molar-refractivity contribution in [2.24, 2.45) is 0 Å². The molecule has 4 heterocycles. The predicted molar refractivity (Wildman–Crippen MR) is 279 cm³/mol. The number of rotatable bonds is 18.